The number of nitrogens with two attached hydrogens (primary N) is 1. The zero-order valence-electron chi connectivity index (χ0n) is 10.9. The fourth-order valence-electron chi connectivity index (χ4n) is 2.05. The summed E-state index contributed by atoms with van der Waals surface area (Å²) in [7, 11) is 0. The highest BCUT2D eigenvalue weighted by Crippen LogP contribution is 2.11. The molecule has 1 aliphatic heterocycles. The van der Waals surface area contributed by atoms with E-state index in [0.717, 1.165) is 10.5 Å². The largest absolute Gasteiger partial charge is 0.465 e. The summed E-state index contributed by atoms with van der Waals surface area (Å²) < 4.78 is 0. The minimum Gasteiger partial charge on any atom is -0.465 e. The minimum absolute atomic E-state index is 0.00250. The molecule has 1 heterocycles. The number of piperazine rings is 1. The van der Waals surface area contributed by atoms with E-state index in [1.54, 1.807) is 17.0 Å². The number of hydrogen-bond donors (Lipinski definition) is 3. The predicted octanol–water partition coefficient (Wildman–Crippen LogP) is 0.293. The molecule has 0 aromatic heterocycles. The fourth-order valence-corrected chi connectivity index (χ4v) is 2.05. The van der Waals surface area contributed by atoms with Gasteiger partial charge in [-0.15, -0.1) is 0 Å². The van der Waals surface area contributed by atoms with Crippen molar-refractivity contribution in [3.8, 4) is 0 Å². The number of nitrogens with one attached hydrogen (secondary N) is 1. The molecule has 106 valence electrons. The Hall–Kier alpha value is -2.57. The van der Waals surface area contributed by atoms with Crippen LogP contribution < -0.4 is 5.73 Å². The molecule has 2 rings (SSSR count). The topological polar surface area (TPSA) is 111 Å². The summed E-state index contributed by atoms with van der Waals surface area (Å²) in [5, 5.41) is 16.1. The van der Waals surface area contributed by atoms with Crippen LogP contribution in [0.2, 0.25) is 0 Å². The molecule has 0 saturated carbocycles. The SMILES string of the molecule is N=C(N)c1ccc(CN2CCN(C(=O)O)CC2=O)cc1. The van der Waals surface area contributed by atoms with E-state index in [2.05, 4.69) is 0 Å². The van der Waals surface area contributed by atoms with Crippen molar-refractivity contribution in [3.05, 3.63) is 35.4 Å². The van der Waals surface area contributed by atoms with Crippen LogP contribution in [0.25, 0.3) is 0 Å². The van der Waals surface area contributed by atoms with Gasteiger partial charge in [0.1, 0.15) is 12.4 Å². The quantitative estimate of drug-likeness (QED) is 0.544. The monoisotopic (exact) mass is 276 g/mol. The van der Waals surface area contributed by atoms with Gasteiger partial charge in [-0.2, -0.15) is 0 Å². The number of amidine groups is 1. The smallest absolute Gasteiger partial charge is 0.407 e. The first-order valence-electron chi connectivity index (χ1n) is 6.16. The summed E-state index contributed by atoms with van der Waals surface area (Å²) in [5.74, 6) is -0.197. The minimum atomic E-state index is -1.07. The van der Waals surface area contributed by atoms with Crippen molar-refractivity contribution in [2.45, 2.75) is 6.54 Å². The van der Waals surface area contributed by atoms with Crippen LogP contribution in [0.15, 0.2) is 24.3 Å². The number of carbonyl (C=O) groups is 2. The van der Waals surface area contributed by atoms with Crippen LogP contribution in [0, 0.1) is 5.41 Å². The van der Waals surface area contributed by atoms with E-state index >= 15 is 0 Å². The number of hydrogen-bond acceptors (Lipinski definition) is 3. The van der Waals surface area contributed by atoms with Crippen LogP contribution in [0.3, 0.4) is 0 Å². The third-order valence-electron chi connectivity index (χ3n) is 3.23. The Morgan fingerprint density at radius 1 is 1.30 bits per heavy atom. The molecule has 0 bridgehead atoms. The lowest BCUT2D eigenvalue weighted by atomic mass is 10.1. The van der Waals surface area contributed by atoms with Crippen molar-refractivity contribution < 1.29 is 14.7 Å². The highest BCUT2D eigenvalue weighted by Gasteiger charge is 2.26. The van der Waals surface area contributed by atoms with Gasteiger partial charge in [-0.1, -0.05) is 24.3 Å². The lowest BCUT2D eigenvalue weighted by molar-refractivity contribution is -0.135. The second kappa shape index (κ2) is 5.60. The first-order chi connectivity index (χ1) is 9.47. The van der Waals surface area contributed by atoms with Gasteiger partial charge < -0.3 is 15.7 Å². The Labute approximate surface area is 116 Å². The Kier molecular flexibility index (Phi) is 3.88. The zero-order valence-corrected chi connectivity index (χ0v) is 10.9. The number of carboxylic acid groups (broad SMARTS) is 1. The molecule has 1 aromatic rings. The van der Waals surface area contributed by atoms with E-state index in [-0.39, 0.29) is 18.3 Å². The summed E-state index contributed by atoms with van der Waals surface area (Å²) in [6.07, 6.45) is -1.07. The van der Waals surface area contributed by atoms with Crippen LogP contribution in [0.4, 0.5) is 4.79 Å². The standard InChI is InChI=1S/C13H16N4O3/c14-12(15)10-3-1-9(2-4-10)7-16-5-6-17(13(19)20)8-11(16)18/h1-4H,5-8H2,(H3,14,15)(H,19,20). The average Bonchev–Trinajstić information content (AvgIpc) is 2.41. The molecule has 7 heteroatoms. The van der Waals surface area contributed by atoms with Crippen molar-refractivity contribution in [1.29, 1.82) is 5.41 Å². The molecule has 0 unspecified atom stereocenters. The first kappa shape index (κ1) is 13.9. The van der Waals surface area contributed by atoms with Crippen LogP contribution in [0.1, 0.15) is 11.1 Å². The highest BCUT2D eigenvalue weighted by molar-refractivity contribution is 5.94. The van der Waals surface area contributed by atoms with Crippen molar-refractivity contribution in [3.63, 3.8) is 0 Å². The van der Waals surface area contributed by atoms with E-state index in [0.29, 0.717) is 25.2 Å². The van der Waals surface area contributed by atoms with Gasteiger partial charge in [-0.3, -0.25) is 15.1 Å². The number of rotatable bonds is 3. The fraction of sp³-hybridized carbons (Fsp3) is 0.308. The van der Waals surface area contributed by atoms with E-state index in [1.807, 2.05) is 12.1 Å². The summed E-state index contributed by atoms with van der Waals surface area (Å²) in [6.45, 7) is 1.05. The lowest BCUT2D eigenvalue weighted by Gasteiger charge is -2.32. The first-order valence-corrected chi connectivity index (χ1v) is 6.16. The Bertz CT molecular complexity index is 541. The molecule has 0 spiro atoms. The van der Waals surface area contributed by atoms with E-state index in [1.165, 1.54) is 0 Å². The Balaban J connectivity index is 1.98. The summed E-state index contributed by atoms with van der Waals surface area (Å²) in [6, 6.07) is 7.09. The molecule has 0 radical (unpaired) electrons. The van der Waals surface area contributed by atoms with Gasteiger partial charge in [-0.25, -0.2) is 4.79 Å². The maximum Gasteiger partial charge on any atom is 0.407 e. The van der Waals surface area contributed by atoms with Crippen LogP contribution in [-0.2, 0) is 11.3 Å². The number of nitrogens with zero attached hydrogens (tertiary/aromatic N) is 2. The summed E-state index contributed by atoms with van der Waals surface area (Å²) >= 11 is 0. The molecule has 0 aliphatic carbocycles. The molecular formula is C13H16N4O3. The molecule has 20 heavy (non-hydrogen) atoms. The van der Waals surface area contributed by atoms with Gasteiger partial charge in [0.15, 0.2) is 0 Å². The van der Waals surface area contributed by atoms with E-state index in [4.69, 9.17) is 16.2 Å². The van der Waals surface area contributed by atoms with Gasteiger partial charge in [0.2, 0.25) is 5.91 Å². The molecule has 1 saturated heterocycles. The normalized spacial score (nSPS) is 15.3. The lowest BCUT2D eigenvalue weighted by Crippen LogP contribution is -2.51. The third-order valence-corrected chi connectivity index (χ3v) is 3.23. The van der Waals surface area contributed by atoms with E-state index < -0.39 is 6.09 Å². The third kappa shape index (κ3) is 3.05. The number of benzene rings is 1. The number of nitrogen functional groups attached to an aromatic ring is 1. The van der Waals surface area contributed by atoms with Gasteiger partial charge in [0.05, 0.1) is 0 Å². The molecule has 0 atom stereocenters. The molecule has 4 N–H and O–H groups in total. The van der Waals surface area contributed by atoms with Crippen molar-refractivity contribution in [2.24, 2.45) is 5.73 Å². The van der Waals surface area contributed by atoms with Crippen LogP contribution >= 0.6 is 0 Å². The second-order valence-corrected chi connectivity index (χ2v) is 4.63. The maximum absolute atomic E-state index is 11.9. The highest BCUT2D eigenvalue weighted by atomic mass is 16.4. The number of amides is 2. The number of carbonyl (C=O) groups excluding carboxylic acids is 1. The second-order valence-electron chi connectivity index (χ2n) is 4.63. The molecule has 7 nitrogen and oxygen atoms in total. The van der Waals surface area contributed by atoms with Gasteiger partial charge >= 0.3 is 6.09 Å². The van der Waals surface area contributed by atoms with Crippen molar-refractivity contribution >= 4 is 17.8 Å². The van der Waals surface area contributed by atoms with Gasteiger partial charge in [0, 0.05) is 25.2 Å². The van der Waals surface area contributed by atoms with Crippen molar-refractivity contribution in [2.75, 3.05) is 19.6 Å². The average molecular weight is 276 g/mol. The molecular weight excluding hydrogens is 260 g/mol. The molecule has 1 aromatic carbocycles. The predicted molar refractivity (Wildman–Crippen MR) is 72.5 cm³/mol. The Morgan fingerprint density at radius 2 is 1.95 bits per heavy atom. The van der Waals surface area contributed by atoms with Crippen LogP contribution in [-0.4, -0.2) is 52.4 Å². The molecule has 2 amide bonds. The zero-order chi connectivity index (χ0) is 14.7. The molecule has 1 aliphatic rings. The Morgan fingerprint density at radius 3 is 2.45 bits per heavy atom. The summed E-state index contributed by atoms with van der Waals surface area (Å²) in [4.78, 5) is 25.4. The van der Waals surface area contributed by atoms with Gasteiger partial charge in [0.25, 0.3) is 0 Å². The maximum atomic E-state index is 11.9. The molecule has 1 fully saturated rings. The summed E-state index contributed by atoms with van der Waals surface area (Å²) in [5.41, 5.74) is 6.93. The van der Waals surface area contributed by atoms with E-state index in [9.17, 15) is 9.59 Å². The van der Waals surface area contributed by atoms with Crippen molar-refractivity contribution in [1.82, 2.24) is 9.80 Å². The van der Waals surface area contributed by atoms with Crippen LogP contribution in [0.5, 0.6) is 0 Å². The van der Waals surface area contributed by atoms with Gasteiger partial charge in [-0.05, 0) is 5.56 Å².